The molecular weight excluding hydrogens is 350 g/mol. The van der Waals surface area contributed by atoms with Gasteiger partial charge in [-0.25, -0.2) is 0 Å². The van der Waals surface area contributed by atoms with Crippen molar-refractivity contribution in [1.82, 2.24) is 9.80 Å². The highest BCUT2D eigenvalue weighted by molar-refractivity contribution is 5.94. The summed E-state index contributed by atoms with van der Waals surface area (Å²) in [6.45, 7) is 6.39. The minimum Gasteiger partial charge on any atom is -0.339 e. The lowest BCUT2D eigenvalue weighted by molar-refractivity contribution is -0.140. The number of amides is 2. The molecule has 1 aromatic carbocycles. The first-order valence-electron chi connectivity index (χ1n) is 9.32. The summed E-state index contributed by atoms with van der Waals surface area (Å²) >= 11 is 0. The van der Waals surface area contributed by atoms with Gasteiger partial charge in [0.1, 0.15) is 0 Å². The molecule has 0 radical (unpaired) electrons. The van der Waals surface area contributed by atoms with Crippen molar-refractivity contribution >= 4 is 24.2 Å². The molecular formula is C20H30ClN3O2. The Morgan fingerprint density at radius 3 is 2.19 bits per heavy atom. The second-order valence-electron chi connectivity index (χ2n) is 7.79. The van der Waals surface area contributed by atoms with E-state index in [4.69, 9.17) is 5.73 Å². The van der Waals surface area contributed by atoms with Crippen LogP contribution >= 0.6 is 12.4 Å². The molecule has 0 spiro atoms. The Morgan fingerprint density at radius 2 is 1.62 bits per heavy atom. The standard InChI is InChI=1S/C20H29N3O2.ClH/c1-15-6-8-16(9-7-15)18(24)22-11-13-23(14-12-22)19(25)17-5-3-4-10-20(17,2)21;/h6-9,17H,3-5,10-14,21H2,1-2H3;1H. The lowest BCUT2D eigenvalue weighted by atomic mass is 9.74. The van der Waals surface area contributed by atoms with Crippen LogP contribution in [0, 0.1) is 12.8 Å². The van der Waals surface area contributed by atoms with Crippen LogP contribution in [0.2, 0.25) is 0 Å². The van der Waals surface area contributed by atoms with E-state index in [0.717, 1.165) is 31.2 Å². The van der Waals surface area contributed by atoms with E-state index in [9.17, 15) is 9.59 Å². The van der Waals surface area contributed by atoms with Crippen molar-refractivity contribution in [1.29, 1.82) is 0 Å². The summed E-state index contributed by atoms with van der Waals surface area (Å²) in [4.78, 5) is 29.2. The van der Waals surface area contributed by atoms with Gasteiger partial charge in [0.15, 0.2) is 0 Å². The molecule has 6 heteroatoms. The van der Waals surface area contributed by atoms with Gasteiger partial charge in [0.25, 0.3) is 5.91 Å². The Balaban J connectivity index is 0.00000243. The first kappa shape index (κ1) is 20.7. The summed E-state index contributed by atoms with van der Waals surface area (Å²) in [5.74, 6) is 0.140. The highest BCUT2D eigenvalue weighted by atomic mass is 35.5. The first-order chi connectivity index (χ1) is 11.9. The van der Waals surface area contributed by atoms with E-state index in [1.54, 1.807) is 0 Å². The molecule has 1 aliphatic carbocycles. The van der Waals surface area contributed by atoms with Crippen LogP contribution in [0.4, 0.5) is 0 Å². The topological polar surface area (TPSA) is 66.6 Å². The fourth-order valence-electron chi connectivity index (χ4n) is 3.99. The van der Waals surface area contributed by atoms with Gasteiger partial charge in [0.05, 0.1) is 5.92 Å². The van der Waals surface area contributed by atoms with Crippen molar-refractivity contribution in [2.45, 2.75) is 45.1 Å². The normalized spacial score (nSPS) is 26.2. The zero-order chi connectivity index (χ0) is 18.0. The molecule has 144 valence electrons. The average molecular weight is 380 g/mol. The summed E-state index contributed by atoms with van der Waals surface area (Å²) in [6, 6.07) is 7.66. The van der Waals surface area contributed by atoms with Crippen molar-refractivity contribution in [2.75, 3.05) is 26.2 Å². The minimum atomic E-state index is -0.399. The summed E-state index contributed by atoms with van der Waals surface area (Å²) < 4.78 is 0. The van der Waals surface area contributed by atoms with Gasteiger partial charge < -0.3 is 15.5 Å². The molecule has 0 bridgehead atoms. The number of piperazine rings is 1. The third kappa shape index (κ3) is 4.38. The van der Waals surface area contributed by atoms with Gasteiger partial charge in [-0.3, -0.25) is 9.59 Å². The van der Waals surface area contributed by atoms with Crippen LogP contribution in [0.1, 0.15) is 48.5 Å². The molecule has 2 unspecified atom stereocenters. The molecule has 1 saturated carbocycles. The molecule has 1 saturated heterocycles. The van der Waals surface area contributed by atoms with Gasteiger partial charge in [-0.2, -0.15) is 0 Å². The van der Waals surface area contributed by atoms with E-state index in [-0.39, 0.29) is 30.1 Å². The minimum absolute atomic E-state index is 0. The Kier molecular flexibility index (Phi) is 6.69. The lowest BCUT2D eigenvalue weighted by Crippen LogP contribution is -2.57. The molecule has 26 heavy (non-hydrogen) atoms. The van der Waals surface area contributed by atoms with E-state index in [1.165, 1.54) is 0 Å². The van der Waals surface area contributed by atoms with E-state index < -0.39 is 5.54 Å². The number of benzene rings is 1. The van der Waals surface area contributed by atoms with Gasteiger partial charge in [-0.05, 0) is 38.8 Å². The monoisotopic (exact) mass is 379 g/mol. The van der Waals surface area contributed by atoms with Crippen LogP contribution in [0.3, 0.4) is 0 Å². The maximum Gasteiger partial charge on any atom is 0.253 e. The van der Waals surface area contributed by atoms with E-state index >= 15 is 0 Å². The summed E-state index contributed by atoms with van der Waals surface area (Å²) in [6.07, 6.45) is 3.98. The number of hydrogen-bond acceptors (Lipinski definition) is 3. The first-order valence-corrected chi connectivity index (χ1v) is 9.32. The quantitative estimate of drug-likeness (QED) is 0.858. The molecule has 2 N–H and O–H groups in total. The SMILES string of the molecule is Cc1ccc(C(=O)N2CCN(C(=O)C3CCCCC3(C)N)CC2)cc1.Cl. The maximum absolute atomic E-state index is 12.9. The summed E-state index contributed by atoms with van der Waals surface area (Å²) in [5, 5.41) is 0. The zero-order valence-electron chi connectivity index (χ0n) is 15.7. The molecule has 0 aromatic heterocycles. The smallest absolute Gasteiger partial charge is 0.253 e. The molecule has 1 heterocycles. The Hall–Kier alpha value is -1.59. The number of carbonyl (C=O) groups is 2. The van der Waals surface area contributed by atoms with Gasteiger partial charge in [0, 0.05) is 37.3 Å². The van der Waals surface area contributed by atoms with Gasteiger partial charge in [-0.1, -0.05) is 30.5 Å². The van der Waals surface area contributed by atoms with Crippen LogP contribution in [0.5, 0.6) is 0 Å². The van der Waals surface area contributed by atoms with Crippen LogP contribution in [0.15, 0.2) is 24.3 Å². The Labute approximate surface area is 162 Å². The van der Waals surface area contributed by atoms with E-state index in [2.05, 4.69) is 0 Å². The largest absolute Gasteiger partial charge is 0.339 e. The molecule has 1 aromatic rings. The van der Waals surface area contributed by atoms with Gasteiger partial charge >= 0.3 is 0 Å². The number of nitrogens with zero attached hydrogens (tertiary/aromatic N) is 2. The van der Waals surface area contributed by atoms with Crippen molar-refractivity contribution in [3.63, 3.8) is 0 Å². The highest BCUT2D eigenvalue weighted by Crippen LogP contribution is 2.33. The molecule has 2 aliphatic rings. The Morgan fingerprint density at radius 1 is 1.04 bits per heavy atom. The number of hydrogen-bond donors (Lipinski definition) is 1. The van der Waals surface area contributed by atoms with Crippen LogP contribution in [-0.2, 0) is 4.79 Å². The average Bonchev–Trinajstić information content (AvgIpc) is 2.61. The fourth-order valence-corrected chi connectivity index (χ4v) is 3.99. The zero-order valence-corrected chi connectivity index (χ0v) is 16.6. The van der Waals surface area contributed by atoms with Crippen molar-refractivity contribution in [2.24, 2.45) is 11.7 Å². The third-order valence-electron chi connectivity index (χ3n) is 5.73. The van der Waals surface area contributed by atoms with Crippen LogP contribution < -0.4 is 5.73 Å². The number of rotatable bonds is 2. The van der Waals surface area contributed by atoms with Gasteiger partial charge in [0.2, 0.25) is 5.91 Å². The number of halogens is 1. The molecule has 3 rings (SSSR count). The second kappa shape index (κ2) is 8.40. The maximum atomic E-state index is 12.9. The molecule has 2 fully saturated rings. The Bertz CT molecular complexity index is 637. The number of aryl methyl sites for hydroxylation is 1. The second-order valence-corrected chi connectivity index (χ2v) is 7.79. The predicted molar refractivity (Wildman–Crippen MR) is 105 cm³/mol. The van der Waals surface area contributed by atoms with Crippen LogP contribution in [-0.4, -0.2) is 53.3 Å². The number of nitrogens with two attached hydrogens (primary N) is 1. The summed E-state index contributed by atoms with van der Waals surface area (Å²) in [5.41, 5.74) is 7.84. The molecule has 5 nitrogen and oxygen atoms in total. The van der Waals surface area contributed by atoms with E-state index in [1.807, 2.05) is 47.9 Å². The molecule has 2 amide bonds. The molecule has 1 aliphatic heterocycles. The highest BCUT2D eigenvalue weighted by Gasteiger charge is 2.40. The van der Waals surface area contributed by atoms with Crippen LogP contribution in [0.25, 0.3) is 0 Å². The van der Waals surface area contributed by atoms with Gasteiger partial charge in [-0.15, -0.1) is 12.4 Å². The molecule has 2 atom stereocenters. The fraction of sp³-hybridized carbons (Fsp3) is 0.600. The summed E-state index contributed by atoms with van der Waals surface area (Å²) in [7, 11) is 0. The number of carbonyl (C=O) groups excluding carboxylic acids is 2. The van der Waals surface area contributed by atoms with Crippen molar-refractivity contribution < 1.29 is 9.59 Å². The lowest BCUT2D eigenvalue weighted by Gasteiger charge is -2.42. The van der Waals surface area contributed by atoms with E-state index in [0.29, 0.717) is 31.7 Å². The van der Waals surface area contributed by atoms with Crippen molar-refractivity contribution in [3.8, 4) is 0 Å². The predicted octanol–water partition coefficient (Wildman–Crippen LogP) is 2.61. The van der Waals surface area contributed by atoms with Crippen molar-refractivity contribution in [3.05, 3.63) is 35.4 Å². The third-order valence-corrected chi connectivity index (χ3v) is 5.73.